The second-order valence-corrected chi connectivity index (χ2v) is 7.12. The Balaban J connectivity index is 1.87. The zero-order valence-corrected chi connectivity index (χ0v) is 16.2. The third-order valence-electron chi connectivity index (χ3n) is 3.88. The average Bonchev–Trinajstić information content (AvgIpc) is 3.22. The van der Waals surface area contributed by atoms with Gasteiger partial charge in [-0.3, -0.25) is 14.5 Å². The van der Waals surface area contributed by atoms with Crippen LogP contribution in [0.15, 0.2) is 39.7 Å². The van der Waals surface area contributed by atoms with E-state index < -0.39 is 5.97 Å². The zero-order chi connectivity index (χ0) is 19.6. The molecule has 1 saturated heterocycles. The Morgan fingerprint density at radius 1 is 1.30 bits per heavy atom. The first-order chi connectivity index (χ1) is 12.9. The third kappa shape index (κ3) is 3.94. The third-order valence-corrected chi connectivity index (χ3v) is 5.11. The monoisotopic (exact) mass is 405 g/mol. The van der Waals surface area contributed by atoms with Crippen LogP contribution in [0.2, 0.25) is 5.02 Å². The van der Waals surface area contributed by atoms with Crippen molar-refractivity contribution in [3.8, 4) is 11.3 Å². The molecule has 2 heterocycles. The zero-order valence-electron chi connectivity index (χ0n) is 14.7. The standard InChI is InChI=1S/C19H16ClNO5S/c1-3-8-21-17(22)16(27-19(21)24)10-12-5-7-15(26-12)11-4-6-14(20)13(9-11)18(23)25-2/h4-7,9-10H,3,8H2,1-2H3/b16-10+. The van der Waals surface area contributed by atoms with Crippen LogP contribution >= 0.6 is 23.4 Å². The van der Waals surface area contributed by atoms with Crippen LogP contribution in [0, 0.1) is 0 Å². The molecule has 1 aliphatic heterocycles. The van der Waals surface area contributed by atoms with Gasteiger partial charge in [-0.15, -0.1) is 0 Å². The molecule has 140 valence electrons. The minimum Gasteiger partial charge on any atom is -0.465 e. The number of hydrogen-bond acceptors (Lipinski definition) is 6. The van der Waals surface area contributed by atoms with E-state index in [0.717, 1.165) is 11.8 Å². The van der Waals surface area contributed by atoms with E-state index in [0.29, 0.717) is 35.0 Å². The number of rotatable bonds is 5. The molecule has 27 heavy (non-hydrogen) atoms. The van der Waals surface area contributed by atoms with Gasteiger partial charge in [0.25, 0.3) is 11.1 Å². The molecule has 0 saturated carbocycles. The molecule has 2 amide bonds. The lowest BCUT2D eigenvalue weighted by Gasteiger charge is -2.09. The second kappa shape index (κ2) is 8.02. The van der Waals surface area contributed by atoms with Crippen molar-refractivity contribution in [2.75, 3.05) is 13.7 Å². The molecule has 0 N–H and O–H groups in total. The summed E-state index contributed by atoms with van der Waals surface area (Å²) in [7, 11) is 1.28. The first-order valence-corrected chi connectivity index (χ1v) is 9.37. The highest BCUT2D eigenvalue weighted by Crippen LogP contribution is 2.34. The highest BCUT2D eigenvalue weighted by molar-refractivity contribution is 8.18. The van der Waals surface area contributed by atoms with Crippen LogP contribution in [0.4, 0.5) is 4.79 Å². The molecule has 1 fully saturated rings. The number of benzene rings is 1. The molecular formula is C19H16ClNO5S. The Labute approximate surface area is 165 Å². The minimum absolute atomic E-state index is 0.232. The average molecular weight is 406 g/mol. The molecule has 0 unspecified atom stereocenters. The lowest BCUT2D eigenvalue weighted by molar-refractivity contribution is -0.122. The topological polar surface area (TPSA) is 76.8 Å². The summed E-state index contributed by atoms with van der Waals surface area (Å²) in [5.41, 5.74) is 0.869. The van der Waals surface area contributed by atoms with Gasteiger partial charge < -0.3 is 9.15 Å². The number of thioether (sulfide) groups is 1. The van der Waals surface area contributed by atoms with Gasteiger partial charge in [-0.05, 0) is 48.5 Å². The maximum absolute atomic E-state index is 12.3. The van der Waals surface area contributed by atoms with Crippen LogP contribution in [-0.2, 0) is 9.53 Å². The van der Waals surface area contributed by atoms with Crippen molar-refractivity contribution in [2.24, 2.45) is 0 Å². The number of esters is 1. The van der Waals surface area contributed by atoms with Crippen LogP contribution in [-0.4, -0.2) is 35.7 Å². The van der Waals surface area contributed by atoms with Gasteiger partial charge in [0.05, 0.1) is 22.6 Å². The number of carbonyl (C=O) groups is 3. The summed E-state index contributed by atoms with van der Waals surface area (Å²) in [4.78, 5) is 37.5. The molecule has 1 aromatic heterocycles. The first-order valence-electron chi connectivity index (χ1n) is 8.18. The van der Waals surface area contributed by atoms with Gasteiger partial charge in [-0.25, -0.2) is 4.79 Å². The Morgan fingerprint density at radius 3 is 2.78 bits per heavy atom. The molecule has 0 aliphatic carbocycles. The molecular weight excluding hydrogens is 390 g/mol. The number of furan rings is 1. The number of halogens is 1. The predicted molar refractivity (Wildman–Crippen MR) is 103 cm³/mol. The van der Waals surface area contributed by atoms with E-state index in [4.69, 9.17) is 20.8 Å². The van der Waals surface area contributed by atoms with Crippen LogP contribution in [0.1, 0.15) is 29.5 Å². The Hall–Kier alpha value is -2.51. The number of amides is 2. The van der Waals surface area contributed by atoms with Gasteiger partial charge in [-0.1, -0.05) is 18.5 Å². The normalized spacial score (nSPS) is 15.7. The molecule has 1 aromatic carbocycles. The van der Waals surface area contributed by atoms with Crippen molar-refractivity contribution in [2.45, 2.75) is 13.3 Å². The Bertz CT molecular complexity index is 949. The van der Waals surface area contributed by atoms with Crippen molar-refractivity contribution in [3.63, 3.8) is 0 Å². The fraction of sp³-hybridized carbons (Fsp3) is 0.211. The second-order valence-electron chi connectivity index (χ2n) is 5.72. The fourth-order valence-electron chi connectivity index (χ4n) is 2.58. The molecule has 0 radical (unpaired) electrons. The van der Waals surface area contributed by atoms with Crippen LogP contribution in [0.25, 0.3) is 17.4 Å². The van der Waals surface area contributed by atoms with E-state index in [9.17, 15) is 14.4 Å². The first kappa shape index (κ1) is 19.3. The molecule has 6 nitrogen and oxygen atoms in total. The number of methoxy groups -OCH3 is 1. The Kier molecular flexibility index (Phi) is 5.72. The number of carbonyl (C=O) groups excluding carboxylic acids is 3. The van der Waals surface area contributed by atoms with Crippen LogP contribution in [0.3, 0.4) is 0 Å². The van der Waals surface area contributed by atoms with Crippen molar-refractivity contribution in [3.05, 3.63) is 51.6 Å². The summed E-state index contributed by atoms with van der Waals surface area (Å²) >= 11 is 6.92. The molecule has 0 atom stereocenters. The van der Waals surface area contributed by atoms with E-state index in [1.807, 2.05) is 6.92 Å². The molecule has 3 rings (SSSR count). The maximum atomic E-state index is 12.3. The number of ether oxygens (including phenoxy) is 1. The molecule has 0 spiro atoms. The van der Waals surface area contributed by atoms with E-state index in [1.165, 1.54) is 12.0 Å². The minimum atomic E-state index is -0.543. The summed E-state index contributed by atoms with van der Waals surface area (Å²) in [6.07, 6.45) is 2.25. The van der Waals surface area contributed by atoms with E-state index in [2.05, 4.69) is 0 Å². The van der Waals surface area contributed by atoms with Gasteiger partial charge in [-0.2, -0.15) is 0 Å². The molecule has 1 aliphatic rings. The summed E-state index contributed by atoms with van der Waals surface area (Å²) in [6, 6.07) is 8.28. The summed E-state index contributed by atoms with van der Waals surface area (Å²) in [5.74, 6) is 0.0694. The van der Waals surface area contributed by atoms with Crippen LogP contribution in [0.5, 0.6) is 0 Å². The Morgan fingerprint density at radius 2 is 2.07 bits per heavy atom. The van der Waals surface area contributed by atoms with Gasteiger partial charge in [0.15, 0.2) is 0 Å². The van der Waals surface area contributed by atoms with Crippen molar-refractivity contribution in [1.82, 2.24) is 4.90 Å². The van der Waals surface area contributed by atoms with E-state index >= 15 is 0 Å². The quantitative estimate of drug-likeness (QED) is 0.523. The molecule has 8 heteroatoms. The fourth-order valence-corrected chi connectivity index (χ4v) is 3.62. The number of hydrogen-bond donors (Lipinski definition) is 0. The van der Waals surface area contributed by atoms with Gasteiger partial charge in [0, 0.05) is 18.2 Å². The highest BCUT2D eigenvalue weighted by atomic mass is 35.5. The smallest absolute Gasteiger partial charge is 0.339 e. The SMILES string of the molecule is CCCN1C(=O)S/C(=C/c2ccc(-c3ccc(Cl)c(C(=O)OC)c3)o2)C1=O. The summed E-state index contributed by atoms with van der Waals surface area (Å²) in [6.45, 7) is 2.30. The highest BCUT2D eigenvalue weighted by Gasteiger charge is 2.34. The van der Waals surface area contributed by atoms with Gasteiger partial charge >= 0.3 is 5.97 Å². The summed E-state index contributed by atoms with van der Waals surface area (Å²) < 4.78 is 10.5. The maximum Gasteiger partial charge on any atom is 0.339 e. The lowest BCUT2D eigenvalue weighted by atomic mass is 10.1. The van der Waals surface area contributed by atoms with Crippen molar-refractivity contribution < 1.29 is 23.5 Å². The van der Waals surface area contributed by atoms with E-state index in [1.54, 1.807) is 36.4 Å². The number of nitrogens with zero attached hydrogens (tertiary/aromatic N) is 1. The predicted octanol–water partition coefficient (Wildman–Crippen LogP) is 4.83. The van der Waals surface area contributed by atoms with Crippen LogP contribution < -0.4 is 0 Å². The van der Waals surface area contributed by atoms with Gasteiger partial charge in [0.1, 0.15) is 11.5 Å². The lowest BCUT2D eigenvalue weighted by Crippen LogP contribution is -2.28. The van der Waals surface area contributed by atoms with Gasteiger partial charge in [0.2, 0.25) is 0 Å². The van der Waals surface area contributed by atoms with Crippen molar-refractivity contribution >= 4 is 46.6 Å². The largest absolute Gasteiger partial charge is 0.465 e. The van der Waals surface area contributed by atoms with E-state index in [-0.39, 0.29) is 21.7 Å². The molecule has 0 bridgehead atoms. The number of imide groups is 1. The molecule has 2 aromatic rings. The van der Waals surface area contributed by atoms with Crippen molar-refractivity contribution in [1.29, 1.82) is 0 Å². The summed E-state index contributed by atoms with van der Waals surface area (Å²) in [5, 5.41) is 0.00211.